The molecule has 1 atom stereocenters. The van der Waals surface area contributed by atoms with Crippen LogP contribution in [0.4, 0.5) is 14.9 Å². The minimum atomic E-state index is -0.798. The van der Waals surface area contributed by atoms with Crippen LogP contribution >= 0.6 is 11.6 Å². The van der Waals surface area contributed by atoms with E-state index in [0.29, 0.717) is 55.3 Å². The summed E-state index contributed by atoms with van der Waals surface area (Å²) in [7, 11) is 2.99. The molecule has 1 saturated carbocycles. The lowest BCUT2D eigenvalue weighted by molar-refractivity contribution is -0.138. The summed E-state index contributed by atoms with van der Waals surface area (Å²) < 4.78 is 32.3. The average molecular weight is 883 g/mol. The predicted molar refractivity (Wildman–Crippen MR) is 236 cm³/mol. The van der Waals surface area contributed by atoms with Crippen molar-refractivity contribution >= 4 is 46.9 Å². The molecule has 14 nitrogen and oxygen atoms in total. The Morgan fingerprint density at radius 3 is 2.25 bits per heavy atom. The molecule has 0 bridgehead atoms. The van der Waals surface area contributed by atoms with Crippen LogP contribution in [0.5, 0.6) is 11.5 Å². The van der Waals surface area contributed by atoms with E-state index >= 15 is 4.39 Å². The van der Waals surface area contributed by atoms with Crippen LogP contribution < -0.4 is 30.7 Å². The van der Waals surface area contributed by atoms with Crippen LogP contribution in [-0.2, 0) is 14.3 Å². The van der Waals surface area contributed by atoms with Gasteiger partial charge >= 0.3 is 6.03 Å². The van der Waals surface area contributed by atoms with E-state index in [2.05, 4.69) is 10.6 Å². The zero-order valence-corrected chi connectivity index (χ0v) is 36.1. The summed E-state index contributed by atoms with van der Waals surface area (Å²) in [6.45, 7) is 2.66. The van der Waals surface area contributed by atoms with Crippen molar-refractivity contribution in [2.75, 3.05) is 71.6 Å². The van der Waals surface area contributed by atoms with Crippen molar-refractivity contribution < 1.29 is 42.6 Å². The zero-order valence-electron chi connectivity index (χ0n) is 35.4. The number of ether oxygens (including phenoxy) is 3. The maximum absolute atomic E-state index is 16.2. The van der Waals surface area contributed by atoms with E-state index in [9.17, 15) is 24.0 Å². The second kappa shape index (κ2) is 20.4. The Bertz CT molecular complexity index is 2330. The molecule has 1 unspecified atom stereocenters. The first kappa shape index (κ1) is 45.0. The van der Waals surface area contributed by atoms with Gasteiger partial charge in [-0.25, -0.2) is 9.18 Å². The first-order chi connectivity index (χ1) is 30.5. The highest BCUT2D eigenvalue weighted by Crippen LogP contribution is 2.40. The van der Waals surface area contributed by atoms with Gasteiger partial charge in [0, 0.05) is 92.4 Å². The lowest BCUT2D eigenvalue weighted by atomic mass is 9.84. The molecular weight excluding hydrogens is 831 g/mol. The summed E-state index contributed by atoms with van der Waals surface area (Å²) in [5.74, 6) is -1.94. The van der Waals surface area contributed by atoms with Crippen LogP contribution in [0.2, 0.25) is 5.02 Å². The minimum Gasteiger partial charge on any atom is -0.495 e. The average Bonchev–Trinajstić information content (AvgIpc) is 3.30. The first-order valence-electron chi connectivity index (χ1n) is 21.2. The molecule has 0 spiro atoms. The number of methoxy groups -OCH3 is 2. The molecule has 4 aromatic carbocycles. The highest BCUT2D eigenvalue weighted by molar-refractivity contribution is 6.33. The number of nitrogens with two attached hydrogens (primary N) is 1. The van der Waals surface area contributed by atoms with Gasteiger partial charge in [-0.15, -0.1) is 0 Å². The Labute approximate surface area is 370 Å². The molecule has 0 aromatic heterocycles. The number of hydrogen-bond donors (Lipinski definition) is 3. The number of benzene rings is 4. The number of carbonyl (C=O) groups excluding carboxylic acids is 5. The van der Waals surface area contributed by atoms with Crippen molar-refractivity contribution in [3.63, 3.8) is 0 Å². The van der Waals surface area contributed by atoms with Gasteiger partial charge in [0.15, 0.2) is 11.6 Å². The number of primary amides is 1. The summed E-state index contributed by atoms with van der Waals surface area (Å²) in [5.41, 5.74) is 8.68. The van der Waals surface area contributed by atoms with Crippen LogP contribution in [0.1, 0.15) is 69.9 Å². The molecule has 332 valence electrons. The number of urea groups is 1. The lowest BCUT2D eigenvalue weighted by Crippen LogP contribution is -2.52. The van der Waals surface area contributed by atoms with E-state index in [1.807, 2.05) is 47.4 Å². The van der Waals surface area contributed by atoms with E-state index in [1.165, 1.54) is 31.3 Å². The second-order valence-electron chi connectivity index (χ2n) is 15.9. The number of halogens is 2. The molecule has 16 heteroatoms. The maximum atomic E-state index is 16.2. The zero-order chi connectivity index (χ0) is 44.6. The van der Waals surface area contributed by atoms with Crippen LogP contribution in [0.15, 0.2) is 78.9 Å². The van der Waals surface area contributed by atoms with Crippen molar-refractivity contribution in [2.24, 2.45) is 11.7 Å². The van der Waals surface area contributed by atoms with Crippen LogP contribution in [0.3, 0.4) is 0 Å². The molecule has 3 aliphatic rings. The third-order valence-corrected chi connectivity index (χ3v) is 12.4. The van der Waals surface area contributed by atoms with Gasteiger partial charge in [-0.3, -0.25) is 29.4 Å². The highest BCUT2D eigenvalue weighted by atomic mass is 35.5. The number of anilines is 1. The molecule has 2 aliphatic heterocycles. The molecule has 0 radical (unpaired) electrons. The quantitative estimate of drug-likeness (QED) is 0.121. The van der Waals surface area contributed by atoms with E-state index in [4.69, 9.17) is 31.5 Å². The first-order valence-corrected chi connectivity index (χ1v) is 21.5. The van der Waals surface area contributed by atoms with E-state index in [0.717, 1.165) is 36.8 Å². The normalized spacial score (nSPS) is 18.4. The monoisotopic (exact) mass is 882 g/mol. The number of amides is 6. The molecule has 63 heavy (non-hydrogen) atoms. The molecule has 3 fully saturated rings. The second-order valence-corrected chi connectivity index (χ2v) is 16.3. The SMILES string of the molecule is COCCOc1ccc(C(N)=O)c(-c2cc(C(CNC3CCC(C(=O)N4CCN(C(=O)c5ccc(OC)c(N6CCC(=O)NC6=O)c5)CC4)CC3)c3ccccc3)ccc2Cl)c1F. The fourth-order valence-electron chi connectivity index (χ4n) is 8.66. The number of piperazine rings is 1. The fourth-order valence-corrected chi connectivity index (χ4v) is 8.88. The number of nitrogens with zero attached hydrogens (tertiary/aromatic N) is 3. The summed E-state index contributed by atoms with van der Waals surface area (Å²) in [5, 5.41) is 6.31. The molecule has 4 aromatic rings. The summed E-state index contributed by atoms with van der Waals surface area (Å²) in [6, 6.07) is 22.7. The molecule has 2 saturated heterocycles. The van der Waals surface area contributed by atoms with Gasteiger partial charge in [0.2, 0.25) is 17.7 Å². The molecule has 6 amide bonds. The maximum Gasteiger partial charge on any atom is 0.328 e. The fraction of sp³-hybridized carbons (Fsp3) is 0.383. The Hall–Kier alpha value is -6.03. The number of hydrogen-bond acceptors (Lipinski definition) is 9. The summed E-state index contributed by atoms with van der Waals surface area (Å²) in [6.07, 6.45) is 3.18. The van der Waals surface area contributed by atoms with Gasteiger partial charge in [-0.05, 0) is 79.3 Å². The molecule has 1 aliphatic carbocycles. The van der Waals surface area contributed by atoms with Gasteiger partial charge in [-0.2, -0.15) is 0 Å². The Kier molecular flexibility index (Phi) is 14.6. The Morgan fingerprint density at radius 1 is 0.857 bits per heavy atom. The van der Waals surface area contributed by atoms with Crippen molar-refractivity contribution in [2.45, 2.75) is 44.1 Å². The van der Waals surface area contributed by atoms with E-state index in [1.54, 1.807) is 29.2 Å². The van der Waals surface area contributed by atoms with Gasteiger partial charge in [-0.1, -0.05) is 48.0 Å². The van der Waals surface area contributed by atoms with Gasteiger partial charge in [0.05, 0.1) is 25.0 Å². The summed E-state index contributed by atoms with van der Waals surface area (Å²) >= 11 is 6.73. The van der Waals surface area contributed by atoms with E-state index < -0.39 is 17.8 Å². The number of carbonyl (C=O) groups is 5. The lowest BCUT2D eigenvalue weighted by Gasteiger charge is -2.38. The minimum absolute atomic E-state index is 0.0177. The van der Waals surface area contributed by atoms with Gasteiger partial charge in [0.1, 0.15) is 12.4 Å². The van der Waals surface area contributed by atoms with Crippen molar-refractivity contribution in [1.29, 1.82) is 0 Å². The van der Waals surface area contributed by atoms with Gasteiger partial charge in [0.25, 0.3) is 5.91 Å². The standard InChI is InChI=1S/C47H52ClFN6O8/c1-61-24-25-63-40-17-14-34(44(50)57)42(43(40)49)35-26-31(10-15-37(35)48)36(29-6-4-3-5-7-29)28-51-33-12-8-30(9-13-33)45(58)53-20-22-54(23-21-53)46(59)32-11-16-39(62-2)38(27-32)55-19-18-41(56)52-47(55)60/h3-7,10-11,14-17,26-27,30,33,36,51H,8-9,12-13,18-25,28H2,1-2H3,(H2,50,57)(H,52,56,60). The van der Waals surface area contributed by atoms with Crippen LogP contribution in [0, 0.1) is 11.7 Å². The highest BCUT2D eigenvalue weighted by Gasteiger charge is 2.34. The largest absolute Gasteiger partial charge is 0.495 e. The Morgan fingerprint density at radius 2 is 1.57 bits per heavy atom. The third kappa shape index (κ3) is 10.3. The topological polar surface area (TPSA) is 173 Å². The van der Waals surface area contributed by atoms with Crippen molar-refractivity contribution in [3.8, 4) is 22.6 Å². The summed E-state index contributed by atoms with van der Waals surface area (Å²) in [4.78, 5) is 69.2. The van der Waals surface area contributed by atoms with Crippen LogP contribution in [0.25, 0.3) is 11.1 Å². The molecule has 7 rings (SSSR count). The Balaban J connectivity index is 0.970. The molecular formula is C47H52ClFN6O8. The van der Waals surface area contributed by atoms with Crippen molar-refractivity contribution in [1.82, 2.24) is 20.4 Å². The molecule has 2 heterocycles. The van der Waals surface area contributed by atoms with Crippen molar-refractivity contribution in [3.05, 3.63) is 112 Å². The van der Waals surface area contributed by atoms with E-state index in [-0.39, 0.29) is 83.7 Å². The predicted octanol–water partition coefficient (Wildman–Crippen LogP) is 5.99. The number of rotatable bonds is 15. The smallest absolute Gasteiger partial charge is 0.328 e. The number of nitrogens with one attached hydrogen (secondary N) is 2. The van der Waals surface area contributed by atoms with Crippen LogP contribution in [-0.4, -0.2) is 112 Å². The molecule has 4 N–H and O–H groups in total. The number of imide groups is 1. The third-order valence-electron chi connectivity index (χ3n) is 12.1. The van der Waals surface area contributed by atoms with Gasteiger partial charge < -0.3 is 35.1 Å².